The average Bonchev–Trinajstić information content (AvgIpc) is 1.27. The highest BCUT2D eigenvalue weighted by atomic mass is 19.4. The van der Waals surface area contributed by atoms with E-state index in [1.807, 2.05) is 10.6 Å². The van der Waals surface area contributed by atoms with Gasteiger partial charge in [-0.15, -0.1) is 0 Å². The van der Waals surface area contributed by atoms with Gasteiger partial charge in [0.15, 0.2) is 0 Å². The van der Waals surface area contributed by atoms with Crippen molar-refractivity contribution in [3.63, 3.8) is 0 Å². The summed E-state index contributed by atoms with van der Waals surface area (Å²) in [5.41, 5.74) is 1.20. The minimum Gasteiger partial charge on any atom is -0.453 e. The lowest BCUT2D eigenvalue weighted by atomic mass is 9.50. The maximum atomic E-state index is 15.9. The summed E-state index contributed by atoms with van der Waals surface area (Å²) in [6.07, 6.45) is -5.90. The molecule has 4 amide bonds. The number of aliphatic hydroxyl groups excluding tert-OH is 1. The number of nitrogens with zero attached hydrogens (tertiary/aromatic N) is 5. The van der Waals surface area contributed by atoms with E-state index in [0.29, 0.717) is 74.4 Å². The van der Waals surface area contributed by atoms with Gasteiger partial charge in [-0.2, -0.15) is 26.3 Å². The van der Waals surface area contributed by atoms with Crippen molar-refractivity contribution >= 4 is 35.6 Å². The number of nitrogens with two attached hydrogens (primary N) is 1. The third kappa shape index (κ3) is 14.2. The van der Waals surface area contributed by atoms with Crippen LogP contribution in [0.15, 0.2) is 55.0 Å². The third-order valence-corrected chi connectivity index (χ3v) is 17.0. The Labute approximate surface area is 481 Å². The molecule has 84 heavy (non-hydrogen) atoms. The second kappa shape index (κ2) is 25.3. The van der Waals surface area contributed by atoms with Crippen LogP contribution < -0.4 is 37.2 Å². The van der Waals surface area contributed by atoms with Gasteiger partial charge in [0, 0.05) is 79.1 Å². The largest absolute Gasteiger partial charge is 0.453 e. The fraction of sp³-hybridized carbons (Fsp3) is 0.579. The average molecular weight is 1190 g/mol. The summed E-state index contributed by atoms with van der Waals surface area (Å²) in [5.74, 6) is 2.37. The van der Waals surface area contributed by atoms with E-state index in [9.17, 15) is 50.6 Å². The van der Waals surface area contributed by atoms with Crippen molar-refractivity contribution in [2.45, 2.75) is 133 Å². The van der Waals surface area contributed by atoms with Crippen molar-refractivity contribution in [1.29, 1.82) is 0 Å². The van der Waals surface area contributed by atoms with Crippen molar-refractivity contribution < 1.29 is 73.6 Å². The number of carbonyl (C=O) groups is 4. The number of ether oxygens (including phenoxy) is 3. The first kappa shape index (κ1) is 63.0. The van der Waals surface area contributed by atoms with Crippen LogP contribution in [-0.4, -0.2) is 169 Å². The molecule has 3 saturated heterocycles. The normalized spacial score (nSPS) is 22.2. The van der Waals surface area contributed by atoms with Crippen molar-refractivity contribution in [3.8, 4) is 11.8 Å². The molecule has 2 unspecified atom stereocenters. The highest BCUT2D eigenvalue weighted by Gasteiger charge is 2.58. The molecule has 6 aliphatic rings. The third-order valence-electron chi connectivity index (χ3n) is 17.0. The number of piperazine rings is 1. The number of aromatic nitrogens is 2. The molecule has 0 radical (unpaired) electrons. The van der Waals surface area contributed by atoms with E-state index in [2.05, 4.69) is 57.0 Å². The Kier molecular flexibility index (Phi) is 19.0. The Morgan fingerprint density at radius 2 is 1.36 bits per heavy atom. The minimum absolute atomic E-state index is 0.0162. The Hall–Kier alpha value is -7.02. The molecule has 4 heterocycles. The Morgan fingerprint density at radius 3 is 1.85 bits per heavy atom. The second-order valence-corrected chi connectivity index (χ2v) is 23.6. The standard InChI is InChI=1S/C57H71F8N11O8/c1-53(2,56(60,61)62)46(72-51(80)82-5)48(78)69-31-74(16-15-40-41(58)18-36(19-42(40)59)43(66)25-70-55-20-35(21-55)22-55)28-45(77)44(71-49(79)47(73-52(81)83-6)54(3,4)57(63,64)65)17-33-10-7-32(8-11-33)9-12-34-23-67-50(68-24-34)75-26-37-13-14-38(27-75)76(37)39-29-84-30-39/h7-8,10-11,18-19,23-25,35,37-39,44-47,70,77H,13-17,20-22,26-31,66H2,1-6H3,(H,69,78)(H,71,79)(H,72,80)(H,73,81)/b43-25-/t35?,37?,38?,44-,45-,46+,47+,55?/m0/s1. The number of methoxy groups -OCH3 is 2. The van der Waals surface area contributed by atoms with Gasteiger partial charge in [-0.25, -0.2) is 28.3 Å². The molecule has 2 aromatic carbocycles. The topological polar surface area (TPSA) is 238 Å². The molecule has 27 heteroatoms. The highest BCUT2D eigenvalue weighted by Crippen LogP contribution is 2.57. The molecule has 19 nitrogen and oxygen atoms in total. The van der Waals surface area contributed by atoms with Gasteiger partial charge in [-0.3, -0.25) is 19.4 Å². The molecule has 3 saturated carbocycles. The van der Waals surface area contributed by atoms with Crippen LogP contribution in [0.3, 0.4) is 0 Å². The van der Waals surface area contributed by atoms with Gasteiger partial charge in [0.05, 0.1) is 74.4 Å². The molecule has 3 aliphatic heterocycles. The SMILES string of the molecule is COC(=O)N[C@H](C(=O)NCN(CCc1c(F)cc(/C(N)=C/NC23CC(C2)C3)cc1F)C[C@H](O)[C@H](Cc1ccc(C#Cc2cnc(N3CC4CCC(C3)N4C3COC3)nc2)cc1)NC(=O)[C@@H](NC(=O)OC)C(C)(C)C(F)(F)F)C(C)(C)C(F)(F)F. The highest BCUT2D eigenvalue weighted by molar-refractivity contribution is 5.87. The summed E-state index contributed by atoms with van der Waals surface area (Å²) < 4.78 is 133. The number of carbonyl (C=O) groups excluding carboxylic acids is 4. The molecule has 6 fully saturated rings. The van der Waals surface area contributed by atoms with E-state index >= 15 is 8.78 Å². The summed E-state index contributed by atoms with van der Waals surface area (Å²) >= 11 is 0. The van der Waals surface area contributed by atoms with E-state index in [1.54, 1.807) is 36.7 Å². The summed E-state index contributed by atoms with van der Waals surface area (Å²) in [5, 5.41) is 23.9. The molecule has 6 atom stereocenters. The van der Waals surface area contributed by atoms with E-state index in [-0.39, 0.29) is 23.2 Å². The van der Waals surface area contributed by atoms with Crippen LogP contribution in [0.1, 0.15) is 87.6 Å². The summed E-state index contributed by atoms with van der Waals surface area (Å²) in [6, 6.07) is 3.34. The number of benzene rings is 2. The van der Waals surface area contributed by atoms with Crippen molar-refractivity contribution in [3.05, 3.63) is 94.4 Å². The van der Waals surface area contributed by atoms with Gasteiger partial charge >= 0.3 is 24.5 Å². The predicted octanol–water partition coefficient (Wildman–Crippen LogP) is 5.24. The molecule has 3 aliphatic carbocycles. The van der Waals surface area contributed by atoms with E-state index < -0.39 is 115 Å². The van der Waals surface area contributed by atoms with Crippen molar-refractivity contribution in [2.24, 2.45) is 22.5 Å². The second-order valence-electron chi connectivity index (χ2n) is 23.6. The maximum Gasteiger partial charge on any atom is 0.407 e. The van der Waals surface area contributed by atoms with Gasteiger partial charge in [0.2, 0.25) is 17.8 Å². The maximum absolute atomic E-state index is 15.9. The van der Waals surface area contributed by atoms with E-state index in [1.165, 1.54) is 6.20 Å². The molecule has 9 rings (SSSR count). The lowest BCUT2D eigenvalue weighted by Crippen LogP contribution is -2.65. The van der Waals surface area contributed by atoms with Crippen LogP contribution in [0.5, 0.6) is 0 Å². The summed E-state index contributed by atoms with van der Waals surface area (Å²) in [4.78, 5) is 67.7. The lowest BCUT2D eigenvalue weighted by Gasteiger charge is -2.62. The monoisotopic (exact) mass is 1190 g/mol. The van der Waals surface area contributed by atoms with E-state index in [4.69, 9.17) is 10.5 Å². The predicted molar refractivity (Wildman–Crippen MR) is 290 cm³/mol. The van der Waals surface area contributed by atoms with Crippen LogP contribution in [0.4, 0.5) is 50.7 Å². The molecule has 4 bridgehead atoms. The van der Waals surface area contributed by atoms with Crippen LogP contribution >= 0.6 is 0 Å². The summed E-state index contributed by atoms with van der Waals surface area (Å²) in [6.45, 7) is 3.78. The zero-order valence-corrected chi connectivity index (χ0v) is 47.4. The zero-order chi connectivity index (χ0) is 61.1. The van der Waals surface area contributed by atoms with Crippen molar-refractivity contribution in [2.75, 3.05) is 65.2 Å². The summed E-state index contributed by atoms with van der Waals surface area (Å²) in [7, 11) is 1.73. The van der Waals surface area contributed by atoms with Gasteiger partial charge in [-0.05, 0) is 108 Å². The fourth-order valence-electron chi connectivity index (χ4n) is 11.3. The number of aliphatic hydroxyl groups is 1. The van der Waals surface area contributed by atoms with Crippen molar-refractivity contribution in [1.82, 2.24) is 46.4 Å². The molecule has 3 aromatic rings. The number of amides is 4. The molecular formula is C57H71F8N11O8. The number of rotatable bonds is 22. The van der Waals surface area contributed by atoms with Crippen LogP contribution in [-0.2, 0) is 36.6 Å². The fourth-order valence-corrected chi connectivity index (χ4v) is 11.3. The van der Waals surface area contributed by atoms with Gasteiger partial charge in [0.25, 0.3) is 0 Å². The Balaban J connectivity index is 1.04. The lowest BCUT2D eigenvalue weighted by molar-refractivity contribution is -0.220. The molecular weight excluding hydrogens is 1120 g/mol. The van der Waals surface area contributed by atoms with Crippen LogP contribution in [0, 0.1) is 40.2 Å². The Bertz CT molecular complexity index is 2920. The first-order chi connectivity index (χ1) is 39.5. The van der Waals surface area contributed by atoms with Crippen LogP contribution in [0.25, 0.3) is 5.70 Å². The Morgan fingerprint density at radius 1 is 0.821 bits per heavy atom. The molecule has 1 aromatic heterocycles. The molecule has 458 valence electrons. The number of hydrogen-bond donors (Lipinski definition) is 7. The smallest absolute Gasteiger partial charge is 0.407 e. The van der Waals surface area contributed by atoms with Gasteiger partial charge in [0.1, 0.15) is 23.7 Å². The number of fused-ring (bicyclic) bond motifs is 2. The first-order valence-electron chi connectivity index (χ1n) is 27.6. The number of alkyl halides is 6. The molecule has 0 spiro atoms. The number of hydrogen-bond acceptors (Lipinski definition) is 15. The molecule has 8 N–H and O–H groups in total. The van der Waals surface area contributed by atoms with Gasteiger partial charge < -0.3 is 56.5 Å². The number of nitrogens with one attached hydrogen (secondary N) is 5. The minimum atomic E-state index is -5.11. The van der Waals surface area contributed by atoms with Gasteiger partial charge in [-0.1, -0.05) is 24.0 Å². The number of anilines is 1. The zero-order valence-electron chi connectivity index (χ0n) is 47.4. The first-order valence-corrected chi connectivity index (χ1v) is 27.6. The quantitative estimate of drug-likeness (QED) is 0.0387. The number of alkyl carbamates (subject to hydrolysis) is 2. The van der Waals surface area contributed by atoms with E-state index in [0.717, 1.165) is 89.7 Å². The number of halogens is 8. The van der Waals surface area contributed by atoms with Crippen LogP contribution in [0.2, 0.25) is 0 Å².